The lowest BCUT2D eigenvalue weighted by Crippen LogP contribution is -2.35. The minimum atomic E-state index is -0.883. The number of rotatable bonds is 6. The molecule has 1 aromatic heterocycles. The molecule has 0 saturated carbocycles. The molecule has 8 nitrogen and oxygen atoms in total. The summed E-state index contributed by atoms with van der Waals surface area (Å²) in [5.74, 6) is -0.0624. The summed E-state index contributed by atoms with van der Waals surface area (Å²) in [4.78, 5) is 39.3. The van der Waals surface area contributed by atoms with Crippen LogP contribution in [0.2, 0.25) is 0 Å². The predicted octanol–water partition coefficient (Wildman–Crippen LogP) is 1.55. The van der Waals surface area contributed by atoms with Crippen LogP contribution in [0.3, 0.4) is 0 Å². The van der Waals surface area contributed by atoms with E-state index in [2.05, 4.69) is 10.3 Å². The van der Waals surface area contributed by atoms with E-state index >= 15 is 0 Å². The first-order valence-electron chi connectivity index (χ1n) is 8.41. The molecule has 0 aliphatic carbocycles. The average molecular weight is 365 g/mol. The van der Waals surface area contributed by atoms with E-state index in [0.29, 0.717) is 17.9 Å². The molecule has 8 heteroatoms. The molecule has 1 heterocycles. The summed E-state index contributed by atoms with van der Waals surface area (Å²) in [5, 5.41) is 4.88. The Balaban J connectivity index is 1.76. The summed E-state index contributed by atoms with van der Waals surface area (Å²) in [6, 6.07) is 15.5. The number of nitrogens with one attached hydrogen (secondary N) is 2. The van der Waals surface area contributed by atoms with E-state index in [-0.39, 0.29) is 18.9 Å². The summed E-state index contributed by atoms with van der Waals surface area (Å²) in [6.07, 6.45) is 0.0585. The SMILES string of the molecule is NC(=O)NC(=O)CCn1c(CNC(=O)c2ccccc2)nc2ccccc21. The van der Waals surface area contributed by atoms with Gasteiger partial charge >= 0.3 is 6.03 Å². The summed E-state index contributed by atoms with van der Waals surface area (Å²) in [5.41, 5.74) is 7.12. The molecule has 0 aliphatic rings. The van der Waals surface area contributed by atoms with E-state index in [1.54, 1.807) is 24.3 Å². The lowest BCUT2D eigenvalue weighted by molar-refractivity contribution is -0.120. The highest BCUT2D eigenvalue weighted by Gasteiger charge is 2.14. The number of aromatic nitrogens is 2. The first-order chi connectivity index (χ1) is 13.0. The third-order valence-corrected chi connectivity index (χ3v) is 4.00. The number of amides is 4. The molecule has 0 saturated heterocycles. The van der Waals surface area contributed by atoms with Gasteiger partial charge in [0.25, 0.3) is 5.91 Å². The Morgan fingerprint density at radius 1 is 1.00 bits per heavy atom. The second-order valence-electron chi connectivity index (χ2n) is 5.88. The van der Waals surface area contributed by atoms with Crippen molar-refractivity contribution in [3.8, 4) is 0 Å². The topological polar surface area (TPSA) is 119 Å². The first-order valence-corrected chi connectivity index (χ1v) is 8.41. The summed E-state index contributed by atoms with van der Waals surface area (Å²) in [7, 11) is 0. The number of hydrogen-bond donors (Lipinski definition) is 3. The standard InChI is InChI=1S/C19H19N5O3/c20-19(27)23-17(25)10-11-24-15-9-5-4-8-14(15)22-16(24)12-21-18(26)13-6-2-1-3-7-13/h1-9H,10-12H2,(H,21,26)(H3,20,23,25,27). The van der Waals surface area contributed by atoms with Crippen LogP contribution in [0.5, 0.6) is 0 Å². The van der Waals surface area contributed by atoms with E-state index < -0.39 is 11.9 Å². The Morgan fingerprint density at radius 3 is 2.44 bits per heavy atom. The van der Waals surface area contributed by atoms with E-state index in [9.17, 15) is 14.4 Å². The van der Waals surface area contributed by atoms with Crippen LogP contribution in [0.4, 0.5) is 4.79 Å². The van der Waals surface area contributed by atoms with Crippen molar-refractivity contribution in [1.29, 1.82) is 0 Å². The average Bonchev–Trinajstić information content (AvgIpc) is 3.02. The van der Waals surface area contributed by atoms with Crippen LogP contribution in [0.15, 0.2) is 54.6 Å². The zero-order valence-electron chi connectivity index (χ0n) is 14.5. The number of carbonyl (C=O) groups excluding carboxylic acids is 3. The fourth-order valence-corrected chi connectivity index (χ4v) is 2.77. The minimum absolute atomic E-state index is 0.0585. The zero-order chi connectivity index (χ0) is 19.2. The third-order valence-electron chi connectivity index (χ3n) is 4.00. The fourth-order valence-electron chi connectivity index (χ4n) is 2.77. The number of primary amides is 1. The molecule has 4 N–H and O–H groups in total. The molecule has 27 heavy (non-hydrogen) atoms. The Morgan fingerprint density at radius 2 is 1.70 bits per heavy atom. The number of hydrogen-bond acceptors (Lipinski definition) is 4. The van der Waals surface area contributed by atoms with Gasteiger partial charge in [0.15, 0.2) is 0 Å². The normalized spacial score (nSPS) is 10.5. The molecule has 0 aliphatic heterocycles. The van der Waals surface area contributed by atoms with Crippen molar-refractivity contribution in [2.24, 2.45) is 5.73 Å². The molecule has 0 unspecified atom stereocenters. The fraction of sp³-hybridized carbons (Fsp3) is 0.158. The second-order valence-corrected chi connectivity index (χ2v) is 5.88. The van der Waals surface area contributed by atoms with Gasteiger partial charge in [-0.2, -0.15) is 0 Å². The van der Waals surface area contributed by atoms with Crippen molar-refractivity contribution in [2.75, 3.05) is 0 Å². The molecule has 0 radical (unpaired) electrons. The van der Waals surface area contributed by atoms with Gasteiger partial charge in [0.05, 0.1) is 17.6 Å². The molecule has 3 aromatic rings. The number of para-hydroxylation sites is 2. The number of imidazole rings is 1. The van der Waals surface area contributed by atoms with Crippen molar-refractivity contribution in [2.45, 2.75) is 19.5 Å². The smallest absolute Gasteiger partial charge is 0.318 e. The van der Waals surface area contributed by atoms with Gasteiger partial charge in [-0.05, 0) is 24.3 Å². The van der Waals surface area contributed by atoms with Crippen molar-refractivity contribution < 1.29 is 14.4 Å². The maximum Gasteiger partial charge on any atom is 0.318 e. The van der Waals surface area contributed by atoms with Crippen LogP contribution in [-0.2, 0) is 17.9 Å². The number of benzene rings is 2. The van der Waals surface area contributed by atoms with Crippen LogP contribution >= 0.6 is 0 Å². The lowest BCUT2D eigenvalue weighted by atomic mass is 10.2. The number of nitrogens with zero attached hydrogens (tertiary/aromatic N) is 2. The van der Waals surface area contributed by atoms with Crippen LogP contribution in [0, 0.1) is 0 Å². The Labute approximate surface area is 155 Å². The van der Waals surface area contributed by atoms with Gasteiger partial charge < -0.3 is 15.6 Å². The Bertz CT molecular complexity index is 981. The van der Waals surface area contributed by atoms with Crippen molar-refractivity contribution in [3.63, 3.8) is 0 Å². The summed E-state index contributed by atoms with van der Waals surface area (Å²) in [6.45, 7) is 0.510. The monoisotopic (exact) mass is 365 g/mol. The highest BCUT2D eigenvalue weighted by atomic mass is 16.2. The van der Waals surface area contributed by atoms with Gasteiger partial charge in [-0.1, -0.05) is 30.3 Å². The zero-order valence-corrected chi connectivity index (χ0v) is 14.5. The van der Waals surface area contributed by atoms with Crippen LogP contribution in [0.1, 0.15) is 22.6 Å². The second kappa shape index (κ2) is 8.13. The van der Waals surface area contributed by atoms with E-state index in [1.807, 2.05) is 40.2 Å². The molecule has 4 amide bonds. The van der Waals surface area contributed by atoms with E-state index in [1.165, 1.54) is 0 Å². The third kappa shape index (κ3) is 4.49. The molecule has 0 atom stereocenters. The molecule has 3 rings (SSSR count). The number of aryl methyl sites for hydroxylation is 1. The number of urea groups is 1. The Hall–Kier alpha value is -3.68. The lowest BCUT2D eigenvalue weighted by Gasteiger charge is -2.10. The Kier molecular flexibility index (Phi) is 5.46. The van der Waals surface area contributed by atoms with Gasteiger partial charge in [-0.25, -0.2) is 9.78 Å². The number of fused-ring (bicyclic) bond motifs is 1. The highest BCUT2D eigenvalue weighted by molar-refractivity contribution is 5.94. The van der Waals surface area contributed by atoms with Gasteiger partial charge in [0, 0.05) is 18.5 Å². The maximum absolute atomic E-state index is 12.3. The van der Waals surface area contributed by atoms with Gasteiger partial charge in [-0.15, -0.1) is 0 Å². The largest absolute Gasteiger partial charge is 0.351 e. The van der Waals surface area contributed by atoms with Crippen molar-refractivity contribution >= 4 is 28.9 Å². The van der Waals surface area contributed by atoms with Gasteiger partial charge in [-0.3, -0.25) is 14.9 Å². The first kappa shape index (κ1) is 18.1. The minimum Gasteiger partial charge on any atom is -0.351 e. The van der Waals surface area contributed by atoms with Crippen LogP contribution in [0.25, 0.3) is 11.0 Å². The number of nitrogens with two attached hydrogens (primary N) is 1. The molecule has 0 fully saturated rings. The highest BCUT2D eigenvalue weighted by Crippen LogP contribution is 2.16. The van der Waals surface area contributed by atoms with Crippen molar-refractivity contribution in [3.05, 3.63) is 66.0 Å². The van der Waals surface area contributed by atoms with E-state index in [0.717, 1.165) is 11.0 Å². The molecule has 0 spiro atoms. The van der Waals surface area contributed by atoms with Gasteiger partial charge in [0.2, 0.25) is 5.91 Å². The predicted molar refractivity (Wildman–Crippen MR) is 99.7 cm³/mol. The molecular formula is C19H19N5O3. The number of carbonyl (C=O) groups is 3. The summed E-state index contributed by atoms with van der Waals surface area (Å²) < 4.78 is 1.85. The number of imide groups is 1. The molecular weight excluding hydrogens is 346 g/mol. The van der Waals surface area contributed by atoms with Crippen molar-refractivity contribution in [1.82, 2.24) is 20.2 Å². The van der Waals surface area contributed by atoms with Crippen LogP contribution < -0.4 is 16.4 Å². The van der Waals surface area contributed by atoms with Gasteiger partial charge in [0.1, 0.15) is 5.82 Å². The quantitative estimate of drug-likeness (QED) is 0.614. The molecule has 138 valence electrons. The molecule has 2 aromatic carbocycles. The summed E-state index contributed by atoms with van der Waals surface area (Å²) >= 11 is 0. The van der Waals surface area contributed by atoms with E-state index in [4.69, 9.17) is 5.73 Å². The van der Waals surface area contributed by atoms with Crippen LogP contribution in [-0.4, -0.2) is 27.4 Å². The molecule has 0 bridgehead atoms. The maximum atomic E-state index is 12.3.